The van der Waals surface area contributed by atoms with Crippen LogP contribution in [0.4, 0.5) is 0 Å². The molecule has 0 fully saturated rings. The molecular formula is C5H12O2Si4. The molecular weight excluding hydrogens is 204 g/mol. The van der Waals surface area contributed by atoms with Gasteiger partial charge >= 0.3 is 0 Å². The molecule has 0 aromatic rings. The number of rotatable bonds is 4. The summed E-state index contributed by atoms with van der Waals surface area (Å²) in [5.74, 6) is 0. The molecule has 0 aromatic carbocycles. The van der Waals surface area contributed by atoms with E-state index < -0.39 is 18.1 Å². The van der Waals surface area contributed by atoms with Gasteiger partial charge in [-0.3, -0.25) is 0 Å². The molecule has 2 nitrogen and oxygen atoms in total. The maximum Gasteiger partial charge on any atom is 0.229 e. The number of hydrogen-bond acceptors (Lipinski definition) is 2. The third-order valence-electron chi connectivity index (χ3n) is 2.07. The Balaban J connectivity index is 4.18. The summed E-state index contributed by atoms with van der Waals surface area (Å²) in [7, 11) is 4.54. The van der Waals surface area contributed by atoms with Crippen LogP contribution in [0.3, 0.4) is 0 Å². The van der Waals surface area contributed by atoms with Gasteiger partial charge in [0.2, 0.25) is 21.0 Å². The molecule has 0 aromatic heterocycles. The fourth-order valence-electron chi connectivity index (χ4n) is 0.503. The Labute approximate surface area is 79.2 Å². The van der Waals surface area contributed by atoms with Gasteiger partial charge < -0.3 is 8.23 Å². The molecule has 6 heteroatoms. The quantitative estimate of drug-likeness (QED) is 0.646. The van der Waals surface area contributed by atoms with Gasteiger partial charge in [0.1, 0.15) is 0 Å². The Bertz CT molecular complexity index is 107. The summed E-state index contributed by atoms with van der Waals surface area (Å²) in [6.45, 7) is 8.60. The van der Waals surface area contributed by atoms with E-state index in [1.165, 1.54) is 0 Å². The van der Waals surface area contributed by atoms with Crippen molar-refractivity contribution in [3.8, 4) is 0 Å². The largest absolute Gasteiger partial charge is 0.457 e. The molecule has 0 N–H and O–H groups in total. The molecule has 0 bridgehead atoms. The second kappa shape index (κ2) is 4.73. The highest BCUT2D eigenvalue weighted by atomic mass is 28.4. The average molecular weight is 216 g/mol. The van der Waals surface area contributed by atoms with Gasteiger partial charge in [-0.2, -0.15) is 0 Å². The molecule has 0 aliphatic carbocycles. The Morgan fingerprint density at radius 1 is 1.00 bits per heavy atom. The van der Waals surface area contributed by atoms with Crippen LogP contribution < -0.4 is 0 Å². The standard InChI is InChI=1S/C5H12O2Si4/c1-5(2,10(3)6-8)11(4)7-9/h1-4H3. The lowest BCUT2D eigenvalue weighted by Gasteiger charge is -2.32. The summed E-state index contributed by atoms with van der Waals surface area (Å²) < 4.78 is 10.5. The molecule has 0 saturated carbocycles. The Kier molecular flexibility index (Phi) is 5.06. The number of hydrogen-bond donors (Lipinski definition) is 0. The predicted octanol–water partition coefficient (Wildman–Crippen LogP) is 0.749. The summed E-state index contributed by atoms with van der Waals surface area (Å²) in [4.78, 5) is 0. The van der Waals surface area contributed by atoms with Crippen molar-refractivity contribution in [1.82, 2.24) is 0 Å². The first-order valence-corrected chi connectivity index (χ1v) is 7.95. The third kappa shape index (κ3) is 2.96. The smallest absolute Gasteiger partial charge is 0.229 e. The van der Waals surface area contributed by atoms with Crippen LogP contribution in [0.15, 0.2) is 0 Å². The van der Waals surface area contributed by atoms with Crippen molar-refractivity contribution in [3.63, 3.8) is 0 Å². The zero-order valence-electron chi connectivity index (χ0n) is 7.32. The van der Waals surface area contributed by atoms with Crippen molar-refractivity contribution in [2.45, 2.75) is 31.6 Å². The first kappa shape index (κ1) is 11.8. The summed E-state index contributed by atoms with van der Waals surface area (Å²) in [5, 5.41) is 0. The Hall–Kier alpha value is 0.788. The maximum atomic E-state index is 5.17. The van der Waals surface area contributed by atoms with Gasteiger partial charge in [-0.15, -0.1) is 0 Å². The lowest BCUT2D eigenvalue weighted by molar-refractivity contribution is 0.554. The summed E-state index contributed by atoms with van der Waals surface area (Å²) in [6, 6.07) is 0. The van der Waals surface area contributed by atoms with E-state index in [0.717, 1.165) is 0 Å². The van der Waals surface area contributed by atoms with Crippen LogP contribution in [0.2, 0.25) is 17.8 Å². The highest BCUT2D eigenvalue weighted by Crippen LogP contribution is 2.31. The first-order valence-electron chi connectivity index (χ1n) is 3.32. The van der Waals surface area contributed by atoms with E-state index in [1.807, 2.05) is 0 Å². The Morgan fingerprint density at radius 2 is 1.27 bits per heavy atom. The second-order valence-electron chi connectivity index (χ2n) is 2.94. The van der Waals surface area contributed by atoms with Crippen molar-refractivity contribution in [3.05, 3.63) is 0 Å². The summed E-state index contributed by atoms with van der Waals surface area (Å²) >= 11 is 0. The molecule has 0 heterocycles. The summed E-state index contributed by atoms with van der Waals surface area (Å²) in [5.41, 5.74) is 0. The van der Waals surface area contributed by atoms with Gasteiger partial charge in [0.15, 0.2) is 18.1 Å². The van der Waals surface area contributed by atoms with Crippen LogP contribution in [0.25, 0.3) is 0 Å². The van der Waals surface area contributed by atoms with E-state index >= 15 is 0 Å². The van der Waals surface area contributed by atoms with Crippen LogP contribution in [0.1, 0.15) is 13.8 Å². The van der Waals surface area contributed by atoms with E-state index in [0.29, 0.717) is 0 Å². The van der Waals surface area contributed by atoms with Crippen molar-refractivity contribution in [1.29, 1.82) is 0 Å². The minimum absolute atomic E-state index is 0.179. The zero-order valence-corrected chi connectivity index (χ0v) is 11.3. The molecule has 0 rings (SSSR count). The minimum atomic E-state index is -0.814. The van der Waals surface area contributed by atoms with Crippen molar-refractivity contribution in [2.24, 2.45) is 0 Å². The molecule has 0 spiro atoms. The molecule has 0 amide bonds. The highest BCUT2D eigenvalue weighted by molar-refractivity contribution is 6.77. The van der Waals surface area contributed by atoms with Gasteiger partial charge in [-0.05, 0) is 13.1 Å². The van der Waals surface area contributed by atoms with Gasteiger partial charge in [0, 0.05) is 4.66 Å². The van der Waals surface area contributed by atoms with Crippen molar-refractivity contribution in [2.75, 3.05) is 0 Å². The molecule has 8 radical (unpaired) electrons. The van der Waals surface area contributed by atoms with Crippen molar-refractivity contribution < 1.29 is 8.23 Å². The fraction of sp³-hybridized carbons (Fsp3) is 1.00. The van der Waals surface area contributed by atoms with Crippen LogP contribution in [-0.2, 0) is 8.23 Å². The minimum Gasteiger partial charge on any atom is -0.457 e. The molecule has 0 aliphatic rings. The monoisotopic (exact) mass is 216 g/mol. The van der Waals surface area contributed by atoms with Crippen LogP contribution >= 0.6 is 0 Å². The molecule has 0 unspecified atom stereocenters. The lowest BCUT2D eigenvalue weighted by Crippen LogP contribution is -2.40. The van der Waals surface area contributed by atoms with Gasteiger partial charge in [-0.1, -0.05) is 13.8 Å². The topological polar surface area (TPSA) is 18.5 Å². The van der Waals surface area contributed by atoms with Gasteiger partial charge in [0.25, 0.3) is 0 Å². The third-order valence-corrected chi connectivity index (χ3v) is 10.1. The normalized spacial score (nSPS) is 13.1. The second-order valence-corrected chi connectivity index (χ2v) is 9.80. The summed E-state index contributed by atoms with van der Waals surface area (Å²) in [6.07, 6.45) is 0. The zero-order chi connectivity index (χ0) is 9.07. The molecule has 60 valence electrons. The van der Waals surface area contributed by atoms with E-state index in [4.69, 9.17) is 8.23 Å². The molecule has 11 heavy (non-hydrogen) atoms. The van der Waals surface area contributed by atoms with E-state index in [-0.39, 0.29) is 4.66 Å². The first-order chi connectivity index (χ1) is 4.96. The lowest BCUT2D eigenvalue weighted by atomic mass is 10.5. The van der Waals surface area contributed by atoms with E-state index in [9.17, 15) is 0 Å². The molecule has 0 atom stereocenters. The molecule has 0 aliphatic heterocycles. The van der Waals surface area contributed by atoms with Gasteiger partial charge in [-0.25, -0.2) is 0 Å². The van der Waals surface area contributed by atoms with E-state index in [2.05, 4.69) is 47.9 Å². The van der Waals surface area contributed by atoms with Crippen LogP contribution in [0, 0.1) is 0 Å². The SMILES string of the molecule is C[Si](O[Si])C(C)(C)[Si](C)O[Si]. The van der Waals surface area contributed by atoms with Gasteiger partial charge in [0.05, 0.1) is 0 Å². The Morgan fingerprint density at radius 3 is 1.45 bits per heavy atom. The maximum absolute atomic E-state index is 5.17. The average Bonchev–Trinajstić information content (AvgIpc) is 2.01. The highest BCUT2D eigenvalue weighted by Gasteiger charge is 2.36. The fourth-order valence-corrected chi connectivity index (χ4v) is 5.45. The molecule has 0 saturated heterocycles. The van der Waals surface area contributed by atoms with Crippen LogP contribution in [-0.4, -0.2) is 39.1 Å². The predicted molar refractivity (Wildman–Crippen MR) is 51.0 cm³/mol. The van der Waals surface area contributed by atoms with Crippen molar-refractivity contribution >= 4 is 39.1 Å². The van der Waals surface area contributed by atoms with E-state index in [1.54, 1.807) is 0 Å². The van der Waals surface area contributed by atoms with Crippen LogP contribution in [0.5, 0.6) is 0 Å².